The van der Waals surface area contributed by atoms with Crippen molar-refractivity contribution in [3.63, 3.8) is 0 Å². The van der Waals surface area contributed by atoms with E-state index in [1.54, 1.807) is 18.2 Å². The van der Waals surface area contributed by atoms with Gasteiger partial charge in [0.2, 0.25) is 0 Å². The monoisotopic (exact) mass is 422 g/mol. The number of nitrogens with one attached hydrogen (secondary N) is 2. The van der Waals surface area contributed by atoms with Gasteiger partial charge in [-0.2, -0.15) is 0 Å². The number of halogens is 2. The predicted octanol–water partition coefficient (Wildman–Crippen LogP) is 6.08. The van der Waals surface area contributed by atoms with E-state index in [2.05, 4.69) is 10.3 Å². The molecule has 0 fully saturated rings. The van der Waals surface area contributed by atoms with E-state index in [9.17, 15) is 13.6 Å². The van der Waals surface area contributed by atoms with Crippen molar-refractivity contribution in [2.45, 2.75) is 20.9 Å². The van der Waals surface area contributed by atoms with Crippen LogP contribution >= 0.6 is 0 Å². The highest BCUT2D eigenvalue weighted by atomic mass is 19.1. The standard InChI is InChI=1S/C24H20F2N2O2.CH4/c1-2-30-20-8-4-6-16(11-20)21-13-19(26)10-17-12-22(28-23(17)21)24(29)27-14-15-5-3-7-18(25)9-15;/h3-13,28H,2,14H2,1H3,(H,27,29);1H4. The third-order valence-corrected chi connectivity index (χ3v) is 4.74. The predicted molar refractivity (Wildman–Crippen MR) is 119 cm³/mol. The lowest BCUT2D eigenvalue weighted by Gasteiger charge is -2.08. The van der Waals surface area contributed by atoms with E-state index in [0.29, 0.717) is 40.1 Å². The van der Waals surface area contributed by atoms with Crippen LogP contribution in [0.25, 0.3) is 22.0 Å². The second kappa shape index (κ2) is 9.43. The summed E-state index contributed by atoms with van der Waals surface area (Å²) in [5, 5.41) is 3.34. The highest BCUT2D eigenvalue weighted by Crippen LogP contribution is 2.32. The number of hydrogen-bond acceptors (Lipinski definition) is 2. The lowest BCUT2D eigenvalue weighted by atomic mass is 10.0. The van der Waals surface area contributed by atoms with Gasteiger partial charge in [0.15, 0.2) is 0 Å². The first-order chi connectivity index (χ1) is 14.5. The zero-order valence-corrected chi connectivity index (χ0v) is 16.3. The van der Waals surface area contributed by atoms with Crippen molar-refractivity contribution >= 4 is 16.8 Å². The Morgan fingerprint density at radius 2 is 1.81 bits per heavy atom. The third kappa shape index (κ3) is 4.91. The molecule has 0 saturated carbocycles. The molecule has 31 heavy (non-hydrogen) atoms. The summed E-state index contributed by atoms with van der Waals surface area (Å²) in [5.41, 5.74) is 3.02. The van der Waals surface area contributed by atoms with Crippen LogP contribution in [-0.2, 0) is 6.54 Å². The lowest BCUT2D eigenvalue weighted by molar-refractivity contribution is 0.0946. The van der Waals surface area contributed by atoms with E-state index in [4.69, 9.17) is 4.74 Å². The van der Waals surface area contributed by atoms with Crippen LogP contribution in [0.15, 0.2) is 66.7 Å². The smallest absolute Gasteiger partial charge is 0.267 e. The Kier molecular flexibility index (Phi) is 6.70. The van der Waals surface area contributed by atoms with Gasteiger partial charge >= 0.3 is 0 Å². The molecule has 4 rings (SSSR count). The van der Waals surface area contributed by atoms with Gasteiger partial charge in [-0.25, -0.2) is 8.78 Å². The number of carbonyl (C=O) groups is 1. The van der Waals surface area contributed by atoms with Crippen LogP contribution in [0.1, 0.15) is 30.4 Å². The molecule has 1 heterocycles. The number of aromatic nitrogens is 1. The molecule has 6 heteroatoms. The summed E-state index contributed by atoms with van der Waals surface area (Å²) in [4.78, 5) is 15.7. The molecule has 0 aliphatic carbocycles. The fourth-order valence-electron chi connectivity index (χ4n) is 3.40. The van der Waals surface area contributed by atoms with E-state index in [-0.39, 0.29) is 25.7 Å². The number of carbonyl (C=O) groups excluding carboxylic acids is 1. The van der Waals surface area contributed by atoms with Gasteiger partial charge in [0.05, 0.1) is 12.1 Å². The number of hydrogen-bond donors (Lipinski definition) is 2. The average molecular weight is 422 g/mol. The van der Waals surface area contributed by atoms with Crippen LogP contribution in [0.3, 0.4) is 0 Å². The Bertz CT molecular complexity index is 1220. The van der Waals surface area contributed by atoms with Gasteiger partial charge in [0.25, 0.3) is 5.91 Å². The number of rotatable bonds is 6. The molecular weight excluding hydrogens is 398 g/mol. The van der Waals surface area contributed by atoms with Crippen LogP contribution in [0.2, 0.25) is 0 Å². The molecule has 0 aliphatic rings. The number of fused-ring (bicyclic) bond motifs is 1. The molecule has 0 radical (unpaired) electrons. The molecule has 0 saturated heterocycles. The quantitative estimate of drug-likeness (QED) is 0.396. The second-order valence-corrected chi connectivity index (χ2v) is 6.87. The summed E-state index contributed by atoms with van der Waals surface area (Å²) >= 11 is 0. The molecule has 0 bridgehead atoms. The number of amides is 1. The van der Waals surface area contributed by atoms with Gasteiger partial charge < -0.3 is 15.0 Å². The third-order valence-electron chi connectivity index (χ3n) is 4.74. The molecule has 2 N–H and O–H groups in total. The molecule has 4 nitrogen and oxygen atoms in total. The minimum atomic E-state index is -0.398. The van der Waals surface area contributed by atoms with Gasteiger partial charge in [-0.3, -0.25) is 4.79 Å². The maximum atomic E-state index is 14.3. The van der Waals surface area contributed by atoms with Gasteiger partial charge in [-0.1, -0.05) is 31.7 Å². The molecule has 0 aliphatic heterocycles. The molecule has 1 aromatic heterocycles. The van der Waals surface area contributed by atoms with Gasteiger partial charge in [-0.05, 0) is 60.5 Å². The number of ether oxygens (including phenoxy) is 1. The van der Waals surface area contributed by atoms with E-state index in [1.807, 2.05) is 31.2 Å². The van der Waals surface area contributed by atoms with E-state index >= 15 is 0 Å². The van der Waals surface area contributed by atoms with Crippen molar-refractivity contribution < 1.29 is 18.3 Å². The summed E-state index contributed by atoms with van der Waals surface area (Å²) in [6, 6.07) is 17.8. The van der Waals surface area contributed by atoms with Crippen LogP contribution in [0.4, 0.5) is 8.78 Å². The van der Waals surface area contributed by atoms with Crippen molar-refractivity contribution in [1.82, 2.24) is 10.3 Å². The Morgan fingerprint density at radius 1 is 1.00 bits per heavy atom. The first-order valence-electron chi connectivity index (χ1n) is 9.61. The van der Waals surface area contributed by atoms with Crippen molar-refractivity contribution in [3.05, 3.63) is 89.6 Å². The molecule has 3 aromatic carbocycles. The first-order valence-corrected chi connectivity index (χ1v) is 9.61. The molecular formula is C25H24F2N2O2. The SMILES string of the molecule is C.CCOc1cccc(-c2cc(F)cc3cc(C(=O)NCc4cccc(F)c4)[nH]c23)c1. The minimum Gasteiger partial charge on any atom is -0.494 e. The molecule has 4 aromatic rings. The molecule has 0 unspecified atom stereocenters. The van der Waals surface area contributed by atoms with Crippen molar-refractivity contribution in [3.8, 4) is 16.9 Å². The van der Waals surface area contributed by atoms with Gasteiger partial charge in [0.1, 0.15) is 23.1 Å². The Hall–Kier alpha value is -3.67. The number of aromatic amines is 1. The van der Waals surface area contributed by atoms with Crippen molar-refractivity contribution in [1.29, 1.82) is 0 Å². The van der Waals surface area contributed by atoms with E-state index in [0.717, 1.165) is 5.56 Å². The zero-order chi connectivity index (χ0) is 21.1. The van der Waals surface area contributed by atoms with Gasteiger partial charge in [-0.15, -0.1) is 0 Å². The van der Waals surface area contributed by atoms with Crippen LogP contribution in [0.5, 0.6) is 5.75 Å². The van der Waals surface area contributed by atoms with Crippen LogP contribution in [-0.4, -0.2) is 17.5 Å². The fourth-order valence-corrected chi connectivity index (χ4v) is 3.40. The minimum absolute atomic E-state index is 0. The van der Waals surface area contributed by atoms with E-state index < -0.39 is 5.82 Å². The lowest BCUT2D eigenvalue weighted by Crippen LogP contribution is -2.23. The molecule has 1 amide bonds. The van der Waals surface area contributed by atoms with Crippen LogP contribution < -0.4 is 10.1 Å². The van der Waals surface area contributed by atoms with Crippen molar-refractivity contribution in [2.75, 3.05) is 6.61 Å². The van der Waals surface area contributed by atoms with Crippen molar-refractivity contribution in [2.24, 2.45) is 0 Å². The highest BCUT2D eigenvalue weighted by Gasteiger charge is 2.14. The fraction of sp³-hybridized carbons (Fsp3) is 0.160. The Morgan fingerprint density at radius 3 is 2.58 bits per heavy atom. The zero-order valence-electron chi connectivity index (χ0n) is 16.3. The summed E-state index contributed by atoms with van der Waals surface area (Å²) < 4.78 is 33.1. The Labute approximate surface area is 179 Å². The van der Waals surface area contributed by atoms with Gasteiger partial charge in [0, 0.05) is 17.5 Å². The second-order valence-electron chi connectivity index (χ2n) is 6.87. The molecule has 0 spiro atoms. The summed E-state index contributed by atoms with van der Waals surface area (Å²) in [6.45, 7) is 2.61. The maximum Gasteiger partial charge on any atom is 0.267 e. The summed E-state index contributed by atoms with van der Waals surface area (Å²) in [6.07, 6.45) is 0. The Balaban J connectivity index is 0.00000272. The topological polar surface area (TPSA) is 54.1 Å². The molecule has 160 valence electrons. The summed E-state index contributed by atoms with van der Waals surface area (Å²) in [7, 11) is 0. The van der Waals surface area contributed by atoms with E-state index in [1.165, 1.54) is 24.3 Å². The first kappa shape index (κ1) is 22.0. The maximum absolute atomic E-state index is 14.3. The molecule has 0 atom stereocenters. The normalized spacial score (nSPS) is 10.5. The largest absolute Gasteiger partial charge is 0.494 e. The number of H-pyrrole nitrogens is 1. The average Bonchev–Trinajstić information content (AvgIpc) is 3.16. The highest BCUT2D eigenvalue weighted by molar-refractivity contribution is 6.02. The number of benzene rings is 3. The summed E-state index contributed by atoms with van der Waals surface area (Å²) in [5.74, 6) is -0.427. The van der Waals surface area contributed by atoms with Crippen LogP contribution in [0, 0.1) is 11.6 Å².